The van der Waals surface area contributed by atoms with Crippen molar-refractivity contribution in [2.24, 2.45) is 10.2 Å². The van der Waals surface area contributed by atoms with E-state index < -0.39 is 15.9 Å². The molecule has 0 atom stereocenters. The summed E-state index contributed by atoms with van der Waals surface area (Å²) in [6.45, 7) is 0. The van der Waals surface area contributed by atoms with Gasteiger partial charge in [0.1, 0.15) is 11.4 Å². The van der Waals surface area contributed by atoms with Crippen LogP contribution in [0.1, 0.15) is 10.4 Å². The molecule has 4 aromatic rings. The summed E-state index contributed by atoms with van der Waals surface area (Å²) in [4.78, 5) is 12.5. The number of ether oxygens (including phenoxy) is 1. The van der Waals surface area contributed by atoms with Gasteiger partial charge >= 0.3 is 0 Å². The Balaban J connectivity index is 1.75. The van der Waals surface area contributed by atoms with Crippen LogP contribution < -0.4 is 9.46 Å². The molecule has 8 nitrogen and oxygen atoms in total. The second-order valence-corrected chi connectivity index (χ2v) is 9.95. The summed E-state index contributed by atoms with van der Waals surface area (Å²) in [6.07, 6.45) is 0. The number of hydrogen-bond acceptors (Lipinski definition) is 6. The molecule has 0 aliphatic rings. The Labute approximate surface area is 209 Å². The van der Waals surface area contributed by atoms with Gasteiger partial charge in [0.15, 0.2) is 5.75 Å². The number of aromatic hydroxyl groups is 1. The van der Waals surface area contributed by atoms with E-state index in [1.807, 2.05) is 22.6 Å². The van der Waals surface area contributed by atoms with E-state index >= 15 is 0 Å². The van der Waals surface area contributed by atoms with E-state index in [1.54, 1.807) is 60.7 Å². The van der Waals surface area contributed by atoms with Gasteiger partial charge in [-0.25, -0.2) is 8.42 Å². The smallest absolute Gasteiger partial charge is 0.296 e. The fourth-order valence-electron chi connectivity index (χ4n) is 3.25. The third-order valence-corrected chi connectivity index (χ3v) is 7.29. The van der Waals surface area contributed by atoms with Crippen molar-refractivity contribution in [2.75, 3.05) is 11.8 Å². The number of carbonyl (C=O) groups excluding carboxylic acids is 1. The van der Waals surface area contributed by atoms with E-state index in [9.17, 15) is 18.3 Å². The molecule has 172 valence electrons. The highest BCUT2D eigenvalue weighted by Gasteiger charge is 2.19. The molecule has 4 aromatic carbocycles. The monoisotopic (exact) mass is 587 g/mol. The normalized spacial score (nSPS) is 11.6. The molecule has 4 rings (SSSR count). The predicted molar refractivity (Wildman–Crippen MR) is 137 cm³/mol. The Morgan fingerprint density at radius 2 is 1.62 bits per heavy atom. The first-order valence-electron chi connectivity index (χ1n) is 9.92. The summed E-state index contributed by atoms with van der Waals surface area (Å²) in [7, 11) is -2.48. The zero-order valence-electron chi connectivity index (χ0n) is 17.8. The number of benzene rings is 4. The van der Waals surface area contributed by atoms with Crippen molar-refractivity contribution in [3.8, 4) is 11.5 Å². The van der Waals surface area contributed by atoms with E-state index in [2.05, 4.69) is 15.0 Å². The van der Waals surface area contributed by atoms with Crippen molar-refractivity contribution in [3.05, 3.63) is 88.0 Å². The lowest BCUT2D eigenvalue weighted by atomic mass is 10.1. The van der Waals surface area contributed by atoms with Crippen molar-refractivity contribution in [1.82, 2.24) is 0 Å². The van der Waals surface area contributed by atoms with E-state index in [0.717, 1.165) is 0 Å². The lowest BCUT2D eigenvalue weighted by Crippen LogP contribution is -2.13. The van der Waals surface area contributed by atoms with Crippen LogP contribution in [0.15, 0.2) is 94.0 Å². The van der Waals surface area contributed by atoms with Gasteiger partial charge < -0.3 is 9.84 Å². The highest BCUT2D eigenvalue weighted by molar-refractivity contribution is 14.1. The summed E-state index contributed by atoms with van der Waals surface area (Å²) >= 11 is 2.02. The summed E-state index contributed by atoms with van der Waals surface area (Å²) in [5.74, 6) is -0.283. The molecular weight excluding hydrogens is 569 g/mol. The number of methoxy groups -OCH3 is 1. The molecule has 0 radical (unpaired) electrons. The molecular formula is C24H18IN3O5S. The van der Waals surface area contributed by atoms with Crippen LogP contribution in [0.2, 0.25) is 0 Å². The minimum absolute atomic E-state index is 0.0301. The maximum absolute atomic E-state index is 13.0. The maximum atomic E-state index is 13.0. The van der Waals surface area contributed by atoms with Gasteiger partial charge in [-0.1, -0.05) is 36.4 Å². The van der Waals surface area contributed by atoms with Crippen molar-refractivity contribution in [1.29, 1.82) is 0 Å². The van der Waals surface area contributed by atoms with Crippen LogP contribution >= 0.6 is 22.6 Å². The van der Waals surface area contributed by atoms with Crippen molar-refractivity contribution in [3.63, 3.8) is 0 Å². The molecule has 0 aromatic heterocycles. The first-order valence-corrected chi connectivity index (χ1v) is 12.5. The van der Waals surface area contributed by atoms with Crippen molar-refractivity contribution >= 4 is 60.7 Å². The number of sulfonamides is 1. The minimum Gasteiger partial charge on any atom is -0.505 e. The number of azo groups is 1. The number of carbonyl (C=O) groups is 1. The van der Waals surface area contributed by atoms with Crippen molar-refractivity contribution in [2.45, 2.75) is 4.90 Å². The molecule has 0 heterocycles. The van der Waals surface area contributed by atoms with E-state index in [0.29, 0.717) is 25.7 Å². The molecule has 0 saturated heterocycles. The zero-order chi connectivity index (χ0) is 24.3. The number of phenols is 1. The van der Waals surface area contributed by atoms with Gasteiger partial charge in [0, 0.05) is 14.3 Å². The van der Waals surface area contributed by atoms with Crippen LogP contribution in [0.3, 0.4) is 0 Å². The average molecular weight is 587 g/mol. The van der Waals surface area contributed by atoms with Crippen LogP contribution in [0.25, 0.3) is 10.8 Å². The van der Waals surface area contributed by atoms with Gasteiger partial charge in [-0.15, -0.1) is 10.2 Å². The van der Waals surface area contributed by atoms with Crippen LogP contribution in [0, 0.1) is 3.57 Å². The molecule has 1 amide bonds. The second kappa shape index (κ2) is 9.77. The molecule has 0 spiro atoms. The first kappa shape index (κ1) is 23.6. The molecule has 0 aliphatic carbocycles. The molecule has 0 aliphatic heterocycles. The third kappa shape index (κ3) is 4.87. The molecule has 0 saturated carbocycles. The maximum Gasteiger partial charge on any atom is 0.296 e. The van der Waals surface area contributed by atoms with Crippen molar-refractivity contribution < 1.29 is 23.1 Å². The summed E-state index contributed by atoms with van der Waals surface area (Å²) in [5, 5.41) is 19.2. The van der Waals surface area contributed by atoms with E-state index in [4.69, 9.17) is 4.74 Å². The number of fused-ring (bicyclic) bond motifs is 1. The van der Waals surface area contributed by atoms with Gasteiger partial charge in [0.05, 0.1) is 23.3 Å². The minimum atomic E-state index is -3.97. The van der Waals surface area contributed by atoms with Gasteiger partial charge in [0.25, 0.3) is 15.9 Å². The quantitative estimate of drug-likeness (QED) is 0.166. The highest BCUT2D eigenvalue weighted by Crippen LogP contribution is 2.40. The fourth-order valence-corrected chi connectivity index (χ4v) is 4.94. The number of amides is 1. The fraction of sp³-hybridized carbons (Fsp3) is 0.0417. The Bertz CT molecular complexity index is 1520. The van der Waals surface area contributed by atoms with E-state index in [-0.39, 0.29) is 22.0 Å². The Morgan fingerprint density at radius 3 is 2.29 bits per heavy atom. The lowest BCUT2D eigenvalue weighted by molar-refractivity contribution is 0.0994. The second-order valence-electron chi connectivity index (χ2n) is 7.10. The molecule has 0 bridgehead atoms. The number of anilines is 1. The number of nitrogens with one attached hydrogen (secondary N) is 1. The molecule has 10 heteroatoms. The topological polar surface area (TPSA) is 117 Å². The molecule has 2 N–H and O–H groups in total. The Kier molecular flexibility index (Phi) is 6.80. The van der Waals surface area contributed by atoms with Crippen LogP contribution in [0.4, 0.5) is 11.4 Å². The number of halogens is 1. The largest absolute Gasteiger partial charge is 0.505 e. The van der Waals surface area contributed by atoms with Crippen LogP contribution in [-0.4, -0.2) is 26.5 Å². The van der Waals surface area contributed by atoms with Crippen LogP contribution in [0.5, 0.6) is 11.5 Å². The SMILES string of the molecule is COc1ccc(S(=O)(=O)Nc2cc(N=NC(=O)c3ccccc3I)c(O)c3ccccc23)cc1. The Morgan fingerprint density at radius 1 is 0.971 bits per heavy atom. The Hall–Kier alpha value is -3.51. The first-order chi connectivity index (χ1) is 16.3. The number of hydrogen-bond donors (Lipinski definition) is 2. The lowest BCUT2D eigenvalue weighted by Gasteiger charge is -2.13. The summed E-state index contributed by atoms with van der Waals surface area (Å²) < 4.78 is 34.3. The summed E-state index contributed by atoms with van der Waals surface area (Å²) in [6, 6.07) is 20.9. The summed E-state index contributed by atoms with van der Waals surface area (Å²) in [5.41, 5.74) is 0.498. The predicted octanol–water partition coefficient (Wildman–Crippen LogP) is 5.88. The standard InChI is InChI=1S/C24H18IN3O5S/c1-33-15-10-12-16(13-11-15)34(31,32)28-21-14-22(23(29)18-7-3-2-6-17(18)21)26-27-24(30)19-8-4-5-9-20(19)25/h2-14,28-29H,1H3. The molecule has 34 heavy (non-hydrogen) atoms. The zero-order valence-corrected chi connectivity index (χ0v) is 20.7. The number of rotatable bonds is 6. The molecule has 0 unspecified atom stereocenters. The average Bonchev–Trinajstić information content (AvgIpc) is 2.85. The highest BCUT2D eigenvalue weighted by atomic mass is 127. The van der Waals surface area contributed by atoms with E-state index in [1.165, 1.54) is 25.3 Å². The van der Waals surface area contributed by atoms with Gasteiger partial charge in [-0.05, 0) is 65.1 Å². The van der Waals surface area contributed by atoms with Gasteiger partial charge in [0.2, 0.25) is 0 Å². The number of phenolic OH excluding ortho intramolecular Hbond substituents is 1. The molecule has 0 fully saturated rings. The van der Waals surface area contributed by atoms with Gasteiger partial charge in [-0.2, -0.15) is 0 Å². The van der Waals surface area contributed by atoms with Gasteiger partial charge in [-0.3, -0.25) is 9.52 Å². The number of nitrogens with zero attached hydrogens (tertiary/aromatic N) is 2. The third-order valence-electron chi connectivity index (χ3n) is 4.96. The van der Waals surface area contributed by atoms with Crippen LogP contribution in [-0.2, 0) is 10.0 Å².